The molecule has 5 heteroatoms. The van der Waals surface area contributed by atoms with Gasteiger partial charge in [-0.25, -0.2) is 0 Å². The second-order valence-electron chi connectivity index (χ2n) is 3.72. The molecular weight excluding hydrogens is 279 g/mol. The normalized spacial score (nSPS) is 10.9. The van der Waals surface area contributed by atoms with Gasteiger partial charge in [0.1, 0.15) is 0 Å². The second kappa shape index (κ2) is 4.89. The van der Waals surface area contributed by atoms with Crippen LogP contribution in [0.2, 0.25) is 15.1 Å². The lowest BCUT2D eigenvalue weighted by atomic mass is 10.1. The third-order valence-corrected chi connectivity index (χ3v) is 3.50. The number of rotatable bonds is 2. The van der Waals surface area contributed by atoms with Crippen LogP contribution in [0.1, 0.15) is 12.6 Å². The highest BCUT2D eigenvalue weighted by atomic mass is 35.5. The lowest BCUT2D eigenvalue weighted by molar-refractivity contribution is 1.19. The number of benzene rings is 1. The standard InChI is InChI=1S/C12H11Cl3N2/c1-3-16-9-4-6(2)17-12-8(14)5-7(13)11(15)10(9)12/h4-5H,3H2,1-2H3,(H,16,17). The van der Waals surface area contributed by atoms with E-state index in [0.717, 1.165) is 23.3 Å². The van der Waals surface area contributed by atoms with Crippen LogP contribution in [0, 0.1) is 6.92 Å². The highest BCUT2D eigenvalue weighted by Crippen LogP contribution is 2.39. The summed E-state index contributed by atoms with van der Waals surface area (Å²) in [5.74, 6) is 0. The van der Waals surface area contributed by atoms with E-state index in [1.54, 1.807) is 6.07 Å². The summed E-state index contributed by atoms with van der Waals surface area (Å²) in [6.07, 6.45) is 0. The molecule has 0 bridgehead atoms. The molecule has 90 valence electrons. The van der Waals surface area contributed by atoms with E-state index in [4.69, 9.17) is 34.8 Å². The fourth-order valence-electron chi connectivity index (χ4n) is 1.76. The average Bonchev–Trinajstić information content (AvgIpc) is 2.26. The van der Waals surface area contributed by atoms with Crippen LogP contribution in [0.3, 0.4) is 0 Å². The summed E-state index contributed by atoms with van der Waals surface area (Å²) >= 11 is 18.4. The minimum atomic E-state index is 0.439. The smallest absolute Gasteiger partial charge is 0.0928 e. The summed E-state index contributed by atoms with van der Waals surface area (Å²) in [5, 5.41) is 5.45. The third-order valence-electron chi connectivity index (χ3n) is 2.42. The molecule has 0 radical (unpaired) electrons. The van der Waals surface area contributed by atoms with E-state index in [0.29, 0.717) is 20.6 Å². The Bertz CT molecular complexity index is 582. The zero-order valence-corrected chi connectivity index (χ0v) is 11.7. The minimum Gasteiger partial charge on any atom is -0.385 e. The van der Waals surface area contributed by atoms with Crippen LogP contribution in [0.15, 0.2) is 12.1 Å². The van der Waals surface area contributed by atoms with Gasteiger partial charge >= 0.3 is 0 Å². The van der Waals surface area contributed by atoms with Gasteiger partial charge in [-0.3, -0.25) is 4.98 Å². The van der Waals surface area contributed by atoms with Crippen LogP contribution in [0.4, 0.5) is 5.69 Å². The number of hydrogen-bond donors (Lipinski definition) is 1. The molecule has 1 N–H and O–H groups in total. The van der Waals surface area contributed by atoms with Gasteiger partial charge in [0.2, 0.25) is 0 Å². The molecule has 0 spiro atoms. The number of pyridine rings is 1. The molecule has 0 fully saturated rings. The molecule has 1 aromatic heterocycles. The summed E-state index contributed by atoms with van der Waals surface area (Å²) in [7, 11) is 0. The summed E-state index contributed by atoms with van der Waals surface area (Å²) in [4.78, 5) is 4.41. The van der Waals surface area contributed by atoms with E-state index in [9.17, 15) is 0 Å². The molecule has 2 aromatic rings. The zero-order valence-electron chi connectivity index (χ0n) is 9.44. The van der Waals surface area contributed by atoms with Crippen LogP contribution in [0.5, 0.6) is 0 Å². The van der Waals surface area contributed by atoms with Gasteiger partial charge in [0.15, 0.2) is 0 Å². The Hall–Kier alpha value is -0.700. The van der Waals surface area contributed by atoms with Crippen molar-refractivity contribution in [2.45, 2.75) is 13.8 Å². The van der Waals surface area contributed by atoms with Gasteiger partial charge in [0.25, 0.3) is 0 Å². The quantitative estimate of drug-likeness (QED) is 0.792. The van der Waals surface area contributed by atoms with Crippen molar-refractivity contribution in [1.29, 1.82) is 0 Å². The molecule has 0 aliphatic rings. The van der Waals surface area contributed by atoms with Crippen LogP contribution < -0.4 is 5.32 Å². The van der Waals surface area contributed by atoms with Gasteiger partial charge in [0, 0.05) is 23.3 Å². The van der Waals surface area contributed by atoms with Crippen molar-refractivity contribution in [1.82, 2.24) is 4.98 Å². The molecule has 1 aromatic carbocycles. The fraction of sp³-hybridized carbons (Fsp3) is 0.250. The molecule has 0 amide bonds. The summed E-state index contributed by atoms with van der Waals surface area (Å²) in [6.45, 7) is 4.72. The first kappa shape index (κ1) is 12.7. The number of hydrogen-bond acceptors (Lipinski definition) is 2. The van der Waals surface area contributed by atoms with Gasteiger partial charge in [-0.2, -0.15) is 0 Å². The maximum absolute atomic E-state index is 6.22. The Labute approximate surface area is 115 Å². The number of aryl methyl sites for hydroxylation is 1. The predicted molar refractivity (Wildman–Crippen MR) is 75.7 cm³/mol. The van der Waals surface area contributed by atoms with E-state index in [2.05, 4.69) is 10.3 Å². The molecule has 17 heavy (non-hydrogen) atoms. The predicted octanol–water partition coefficient (Wildman–Crippen LogP) is 4.94. The largest absolute Gasteiger partial charge is 0.385 e. The van der Waals surface area contributed by atoms with Crippen molar-refractivity contribution in [3.63, 3.8) is 0 Å². The van der Waals surface area contributed by atoms with Gasteiger partial charge in [-0.05, 0) is 26.0 Å². The summed E-state index contributed by atoms with van der Waals surface area (Å²) in [5.41, 5.74) is 2.47. The Kier molecular flexibility index (Phi) is 3.67. The number of nitrogens with zero attached hydrogens (tertiary/aromatic N) is 1. The van der Waals surface area contributed by atoms with Gasteiger partial charge in [-0.1, -0.05) is 34.8 Å². The molecule has 2 rings (SSSR count). The van der Waals surface area contributed by atoms with Crippen LogP contribution in [-0.2, 0) is 0 Å². The van der Waals surface area contributed by atoms with Gasteiger partial charge in [-0.15, -0.1) is 0 Å². The van der Waals surface area contributed by atoms with Crippen molar-refractivity contribution >= 4 is 51.4 Å². The number of anilines is 1. The molecule has 2 nitrogen and oxygen atoms in total. The molecule has 0 unspecified atom stereocenters. The first-order valence-electron chi connectivity index (χ1n) is 5.23. The first-order chi connectivity index (χ1) is 8.04. The number of aromatic nitrogens is 1. The van der Waals surface area contributed by atoms with Crippen LogP contribution in [-0.4, -0.2) is 11.5 Å². The highest BCUT2D eigenvalue weighted by molar-refractivity contribution is 6.48. The minimum absolute atomic E-state index is 0.439. The Morgan fingerprint density at radius 2 is 1.88 bits per heavy atom. The third kappa shape index (κ3) is 2.30. The lowest BCUT2D eigenvalue weighted by Crippen LogP contribution is -2.00. The number of halogens is 3. The van der Waals surface area contributed by atoms with Crippen molar-refractivity contribution in [3.05, 3.63) is 32.9 Å². The van der Waals surface area contributed by atoms with E-state index < -0.39 is 0 Å². The maximum Gasteiger partial charge on any atom is 0.0928 e. The fourth-order valence-corrected chi connectivity index (χ4v) is 2.51. The van der Waals surface area contributed by atoms with Crippen molar-refractivity contribution in [2.24, 2.45) is 0 Å². The Morgan fingerprint density at radius 1 is 1.18 bits per heavy atom. The van der Waals surface area contributed by atoms with E-state index >= 15 is 0 Å². The zero-order chi connectivity index (χ0) is 12.6. The second-order valence-corrected chi connectivity index (χ2v) is 4.91. The molecule has 0 saturated carbocycles. The van der Waals surface area contributed by atoms with Crippen LogP contribution >= 0.6 is 34.8 Å². The Balaban J connectivity index is 2.89. The summed E-state index contributed by atoms with van der Waals surface area (Å²) in [6, 6.07) is 3.56. The molecule has 0 saturated heterocycles. The van der Waals surface area contributed by atoms with E-state index in [-0.39, 0.29) is 0 Å². The highest BCUT2D eigenvalue weighted by Gasteiger charge is 2.13. The molecule has 0 atom stereocenters. The van der Waals surface area contributed by atoms with Crippen molar-refractivity contribution in [3.8, 4) is 0 Å². The Morgan fingerprint density at radius 3 is 2.53 bits per heavy atom. The molecule has 0 aliphatic heterocycles. The topological polar surface area (TPSA) is 24.9 Å². The molecular formula is C12H11Cl3N2. The molecule has 1 heterocycles. The first-order valence-corrected chi connectivity index (χ1v) is 6.36. The SMILES string of the molecule is CCNc1cc(C)nc2c(Cl)cc(Cl)c(Cl)c12. The van der Waals surface area contributed by atoms with Crippen LogP contribution in [0.25, 0.3) is 10.9 Å². The van der Waals surface area contributed by atoms with E-state index in [1.165, 1.54) is 0 Å². The number of fused-ring (bicyclic) bond motifs is 1. The lowest BCUT2D eigenvalue weighted by Gasteiger charge is -2.12. The monoisotopic (exact) mass is 288 g/mol. The average molecular weight is 290 g/mol. The summed E-state index contributed by atoms with van der Waals surface area (Å²) < 4.78 is 0. The molecule has 0 aliphatic carbocycles. The van der Waals surface area contributed by atoms with Crippen molar-refractivity contribution < 1.29 is 0 Å². The maximum atomic E-state index is 6.22. The number of nitrogens with one attached hydrogen (secondary N) is 1. The van der Waals surface area contributed by atoms with E-state index in [1.807, 2.05) is 19.9 Å². The van der Waals surface area contributed by atoms with Gasteiger partial charge in [0.05, 0.1) is 20.6 Å². The van der Waals surface area contributed by atoms with Gasteiger partial charge < -0.3 is 5.32 Å². The van der Waals surface area contributed by atoms with Crippen molar-refractivity contribution in [2.75, 3.05) is 11.9 Å².